The molecule has 19 heavy (non-hydrogen) atoms. The highest BCUT2D eigenvalue weighted by molar-refractivity contribution is 5.88. The lowest BCUT2D eigenvalue weighted by Crippen LogP contribution is -2.24. The van der Waals surface area contributed by atoms with Crippen LogP contribution in [0.2, 0.25) is 0 Å². The van der Waals surface area contributed by atoms with Crippen molar-refractivity contribution in [3.63, 3.8) is 0 Å². The maximum Gasteiger partial charge on any atom is 0.323 e. The first-order chi connectivity index (χ1) is 8.95. The minimum absolute atomic E-state index is 0.116. The van der Waals surface area contributed by atoms with Gasteiger partial charge in [0.1, 0.15) is 0 Å². The van der Waals surface area contributed by atoms with Crippen LogP contribution in [0.3, 0.4) is 0 Å². The summed E-state index contributed by atoms with van der Waals surface area (Å²) in [6.07, 6.45) is 1.56. The number of rotatable bonds is 3. The Kier molecular flexibility index (Phi) is 3.55. The van der Waals surface area contributed by atoms with Gasteiger partial charge in [0.05, 0.1) is 17.1 Å². The quantitative estimate of drug-likeness (QED) is 0.737. The number of allylic oxidation sites excluding steroid dienone is 1. The number of hydrogen-bond donors (Lipinski definition) is 3. The number of aromatic amines is 2. The van der Waals surface area contributed by atoms with E-state index in [1.54, 1.807) is 6.08 Å². The normalized spacial score (nSPS) is 12.2. The SMILES string of the molecule is CC(C)=CC(=O)NC(C)c1ccc2[nH]c(=O)[nH]c2c1. The zero-order chi connectivity index (χ0) is 14.0. The van der Waals surface area contributed by atoms with Gasteiger partial charge in [-0.1, -0.05) is 11.6 Å². The molecule has 2 rings (SSSR count). The molecule has 1 aromatic heterocycles. The molecule has 0 aliphatic carbocycles. The second-order valence-electron chi connectivity index (χ2n) is 4.84. The molecular weight excluding hydrogens is 242 g/mol. The molecule has 0 bridgehead atoms. The van der Waals surface area contributed by atoms with Gasteiger partial charge in [-0.25, -0.2) is 4.79 Å². The number of hydrogen-bond acceptors (Lipinski definition) is 2. The molecule has 0 saturated heterocycles. The zero-order valence-electron chi connectivity index (χ0n) is 11.2. The Morgan fingerprint density at radius 2 is 1.95 bits per heavy atom. The number of nitrogens with one attached hydrogen (secondary N) is 3. The number of carbonyl (C=O) groups excluding carboxylic acids is 1. The smallest absolute Gasteiger partial charge is 0.323 e. The molecule has 1 amide bonds. The van der Waals surface area contributed by atoms with E-state index < -0.39 is 0 Å². The van der Waals surface area contributed by atoms with E-state index in [2.05, 4.69) is 15.3 Å². The first-order valence-corrected chi connectivity index (χ1v) is 6.13. The third-order valence-corrected chi connectivity index (χ3v) is 2.82. The van der Waals surface area contributed by atoms with Crippen molar-refractivity contribution in [1.82, 2.24) is 15.3 Å². The second kappa shape index (κ2) is 5.14. The number of fused-ring (bicyclic) bond motifs is 1. The van der Waals surface area contributed by atoms with E-state index in [0.717, 1.165) is 22.2 Å². The molecule has 1 unspecified atom stereocenters. The van der Waals surface area contributed by atoms with Gasteiger partial charge in [0.2, 0.25) is 5.91 Å². The minimum Gasteiger partial charge on any atom is -0.346 e. The third kappa shape index (κ3) is 3.13. The Balaban J connectivity index is 2.21. The average Bonchev–Trinajstić information content (AvgIpc) is 2.66. The van der Waals surface area contributed by atoms with Crippen molar-refractivity contribution in [2.75, 3.05) is 0 Å². The van der Waals surface area contributed by atoms with Crippen LogP contribution in [0.5, 0.6) is 0 Å². The third-order valence-electron chi connectivity index (χ3n) is 2.82. The van der Waals surface area contributed by atoms with E-state index >= 15 is 0 Å². The lowest BCUT2D eigenvalue weighted by Gasteiger charge is -2.13. The fraction of sp³-hybridized carbons (Fsp3) is 0.286. The fourth-order valence-electron chi connectivity index (χ4n) is 1.92. The monoisotopic (exact) mass is 259 g/mol. The van der Waals surface area contributed by atoms with Crippen LogP contribution < -0.4 is 11.0 Å². The molecule has 0 aliphatic heterocycles. The first-order valence-electron chi connectivity index (χ1n) is 6.13. The van der Waals surface area contributed by atoms with Gasteiger partial charge >= 0.3 is 5.69 Å². The van der Waals surface area contributed by atoms with E-state index in [1.165, 1.54) is 0 Å². The lowest BCUT2D eigenvalue weighted by atomic mass is 10.1. The number of carbonyl (C=O) groups is 1. The van der Waals surface area contributed by atoms with Crippen LogP contribution in [0.25, 0.3) is 11.0 Å². The Bertz CT molecular complexity index is 690. The first kappa shape index (κ1) is 13.1. The number of imidazole rings is 1. The van der Waals surface area contributed by atoms with Crippen LogP contribution in [-0.4, -0.2) is 15.9 Å². The molecule has 5 nitrogen and oxygen atoms in total. The highest BCUT2D eigenvalue weighted by Gasteiger charge is 2.09. The number of H-pyrrole nitrogens is 2. The van der Waals surface area contributed by atoms with Gasteiger partial charge in [-0.3, -0.25) is 4.79 Å². The second-order valence-corrected chi connectivity index (χ2v) is 4.84. The Morgan fingerprint density at radius 1 is 1.26 bits per heavy atom. The molecule has 5 heteroatoms. The van der Waals surface area contributed by atoms with E-state index in [0.29, 0.717) is 0 Å². The van der Waals surface area contributed by atoms with Gasteiger partial charge in [-0.2, -0.15) is 0 Å². The predicted octanol–water partition coefficient (Wildman–Crippen LogP) is 2.00. The van der Waals surface area contributed by atoms with Crippen LogP contribution in [0.1, 0.15) is 32.4 Å². The van der Waals surface area contributed by atoms with Gasteiger partial charge in [0, 0.05) is 6.08 Å². The lowest BCUT2D eigenvalue weighted by molar-refractivity contribution is -0.117. The fourth-order valence-corrected chi connectivity index (χ4v) is 1.92. The maximum absolute atomic E-state index is 11.7. The summed E-state index contributed by atoms with van der Waals surface area (Å²) in [6.45, 7) is 5.66. The molecule has 1 heterocycles. The molecule has 0 fully saturated rings. The Morgan fingerprint density at radius 3 is 2.63 bits per heavy atom. The number of benzene rings is 1. The highest BCUT2D eigenvalue weighted by atomic mass is 16.1. The van der Waals surface area contributed by atoms with Gasteiger partial charge in [-0.05, 0) is 38.5 Å². The summed E-state index contributed by atoms with van der Waals surface area (Å²) in [5.74, 6) is -0.116. The molecule has 2 aromatic rings. The van der Waals surface area contributed by atoms with Gasteiger partial charge < -0.3 is 15.3 Å². The van der Waals surface area contributed by atoms with Crippen LogP contribution in [0.15, 0.2) is 34.6 Å². The topological polar surface area (TPSA) is 77.8 Å². The molecule has 0 spiro atoms. The van der Waals surface area contributed by atoms with Gasteiger partial charge in [0.15, 0.2) is 0 Å². The van der Waals surface area contributed by atoms with Crippen LogP contribution in [-0.2, 0) is 4.79 Å². The molecule has 0 radical (unpaired) electrons. The highest BCUT2D eigenvalue weighted by Crippen LogP contribution is 2.16. The van der Waals surface area contributed by atoms with Crippen molar-refractivity contribution >= 4 is 16.9 Å². The van der Waals surface area contributed by atoms with E-state index in [9.17, 15) is 9.59 Å². The standard InChI is InChI=1S/C14H17N3O2/c1-8(2)6-13(18)15-9(3)10-4-5-11-12(7-10)17-14(19)16-11/h4-7,9H,1-3H3,(H,15,18)(H2,16,17,19). The molecule has 1 atom stereocenters. The van der Waals surface area contributed by atoms with E-state index in [-0.39, 0.29) is 17.6 Å². The molecule has 1 aromatic carbocycles. The molecular formula is C14H17N3O2. The van der Waals surface area contributed by atoms with Crippen molar-refractivity contribution in [2.24, 2.45) is 0 Å². The Hall–Kier alpha value is -2.30. The van der Waals surface area contributed by atoms with Crippen LogP contribution in [0.4, 0.5) is 0 Å². The van der Waals surface area contributed by atoms with Crippen molar-refractivity contribution in [2.45, 2.75) is 26.8 Å². The van der Waals surface area contributed by atoms with Crippen LogP contribution in [0, 0.1) is 0 Å². The molecule has 100 valence electrons. The van der Waals surface area contributed by atoms with E-state index in [1.807, 2.05) is 39.0 Å². The average molecular weight is 259 g/mol. The number of amides is 1. The minimum atomic E-state index is -0.228. The molecule has 3 N–H and O–H groups in total. The summed E-state index contributed by atoms with van der Waals surface area (Å²) in [7, 11) is 0. The van der Waals surface area contributed by atoms with Crippen LogP contribution >= 0.6 is 0 Å². The van der Waals surface area contributed by atoms with Crippen molar-refractivity contribution in [3.8, 4) is 0 Å². The molecule has 0 saturated carbocycles. The summed E-state index contributed by atoms with van der Waals surface area (Å²) in [5, 5.41) is 2.88. The number of aromatic nitrogens is 2. The summed E-state index contributed by atoms with van der Waals surface area (Å²) in [6, 6.07) is 5.46. The van der Waals surface area contributed by atoms with Crippen molar-refractivity contribution in [1.29, 1.82) is 0 Å². The molecule has 0 aliphatic rings. The van der Waals surface area contributed by atoms with Crippen molar-refractivity contribution in [3.05, 3.63) is 45.9 Å². The maximum atomic E-state index is 11.7. The van der Waals surface area contributed by atoms with Crippen molar-refractivity contribution < 1.29 is 4.79 Å². The summed E-state index contributed by atoms with van der Waals surface area (Å²) < 4.78 is 0. The summed E-state index contributed by atoms with van der Waals surface area (Å²) in [5.41, 5.74) is 3.17. The Labute approximate surface area is 110 Å². The van der Waals surface area contributed by atoms with Gasteiger partial charge in [-0.15, -0.1) is 0 Å². The summed E-state index contributed by atoms with van der Waals surface area (Å²) in [4.78, 5) is 28.2. The predicted molar refractivity (Wildman–Crippen MR) is 74.9 cm³/mol. The van der Waals surface area contributed by atoms with Gasteiger partial charge in [0.25, 0.3) is 0 Å². The summed E-state index contributed by atoms with van der Waals surface area (Å²) >= 11 is 0. The van der Waals surface area contributed by atoms with E-state index in [4.69, 9.17) is 0 Å². The zero-order valence-corrected chi connectivity index (χ0v) is 11.2. The largest absolute Gasteiger partial charge is 0.346 e.